The normalized spacial score (nSPS) is 30.6. The minimum absolute atomic E-state index is 0.266. The molecule has 1 aliphatic rings. The van der Waals surface area contributed by atoms with Crippen LogP contribution in [-0.2, 0) is 0 Å². The second-order valence-electron chi connectivity index (χ2n) is 3.97. The van der Waals surface area contributed by atoms with Gasteiger partial charge in [-0.3, -0.25) is 0 Å². The number of nitrogens with two attached hydrogens (primary N) is 1. The van der Waals surface area contributed by atoms with Crippen molar-refractivity contribution in [2.45, 2.75) is 32.8 Å². The molecule has 0 aliphatic heterocycles. The molecule has 3 N–H and O–H groups in total. The molecule has 2 heteroatoms. The Kier molecular flexibility index (Phi) is 3.29. The van der Waals surface area contributed by atoms with Gasteiger partial charge in [-0.25, -0.2) is 0 Å². The summed E-state index contributed by atoms with van der Waals surface area (Å²) in [5.74, 6) is 0.996. The van der Waals surface area contributed by atoms with E-state index in [0.29, 0.717) is 18.4 Å². The van der Waals surface area contributed by atoms with Crippen LogP contribution < -0.4 is 5.73 Å². The molecule has 2 unspecified atom stereocenters. The summed E-state index contributed by atoms with van der Waals surface area (Å²) in [6.07, 6.45) is 3.82. The topological polar surface area (TPSA) is 46.2 Å². The van der Waals surface area contributed by atoms with Gasteiger partial charge >= 0.3 is 0 Å². The van der Waals surface area contributed by atoms with Crippen LogP contribution in [0.5, 0.6) is 0 Å². The molecule has 0 aromatic rings. The highest BCUT2D eigenvalue weighted by molar-refractivity contribution is 5.11. The fraction of sp³-hybridized carbons (Fsp3) is 0.800. The zero-order valence-corrected chi connectivity index (χ0v) is 7.96. The average molecular weight is 169 g/mol. The van der Waals surface area contributed by atoms with E-state index in [1.54, 1.807) is 0 Å². The molecule has 0 saturated carbocycles. The number of hydrogen-bond donors (Lipinski definition) is 2. The van der Waals surface area contributed by atoms with E-state index in [1.165, 1.54) is 5.57 Å². The van der Waals surface area contributed by atoms with Crippen LogP contribution in [0.25, 0.3) is 0 Å². The van der Waals surface area contributed by atoms with Crippen molar-refractivity contribution >= 4 is 0 Å². The molecule has 0 spiro atoms. The van der Waals surface area contributed by atoms with Crippen LogP contribution >= 0.6 is 0 Å². The van der Waals surface area contributed by atoms with E-state index in [-0.39, 0.29) is 6.10 Å². The zero-order valence-electron chi connectivity index (χ0n) is 7.96. The van der Waals surface area contributed by atoms with Gasteiger partial charge in [-0.2, -0.15) is 0 Å². The first-order valence-electron chi connectivity index (χ1n) is 4.73. The standard InChI is InChI=1S/C10H19NO/c1-7(2)9-4-3-8(6-11)5-10(9)12/h5,7,9-10,12H,3-4,6,11H2,1-2H3. The molecule has 12 heavy (non-hydrogen) atoms. The highest BCUT2D eigenvalue weighted by Crippen LogP contribution is 2.28. The van der Waals surface area contributed by atoms with E-state index in [4.69, 9.17) is 5.73 Å². The van der Waals surface area contributed by atoms with Crippen molar-refractivity contribution in [1.29, 1.82) is 0 Å². The summed E-state index contributed by atoms with van der Waals surface area (Å²) in [6.45, 7) is 4.92. The van der Waals surface area contributed by atoms with E-state index in [2.05, 4.69) is 13.8 Å². The van der Waals surface area contributed by atoms with E-state index in [9.17, 15) is 5.11 Å². The molecule has 70 valence electrons. The van der Waals surface area contributed by atoms with Crippen LogP contribution in [0.2, 0.25) is 0 Å². The molecule has 0 fully saturated rings. The van der Waals surface area contributed by atoms with Gasteiger partial charge < -0.3 is 10.8 Å². The monoisotopic (exact) mass is 169 g/mol. The Hall–Kier alpha value is -0.340. The summed E-state index contributed by atoms with van der Waals surface area (Å²) in [5.41, 5.74) is 6.72. The van der Waals surface area contributed by atoms with Crippen molar-refractivity contribution in [3.63, 3.8) is 0 Å². The first-order chi connectivity index (χ1) is 5.65. The Balaban J connectivity index is 2.60. The summed E-state index contributed by atoms with van der Waals surface area (Å²) in [6, 6.07) is 0. The lowest BCUT2D eigenvalue weighted by atomic mass is 9.80. The molecule has 0 saturated heterocycles. The third-order valence-electron chi connectivity index (χ3n) is 2.76. The van der Waals surface area contributed by atoms with Crippen molar-refractivity contribution in [1.82, 2.24) is 0 Å². The first kappa shape index (κ1) is 9.75. The van der Waals surface area contributed by atoms with Gasteiger partial charge in [0.15, 0.2) is 0 Å². The van der Waals surface area contributed by atoms with E-state index in [1.807, 2.05) is 6.08 Å². The number of aliphatic hydroxyl groups excluding tert-OH is 1. The largest absolute Gasteiger partial charge is 0.389 e. The van der Waals surface area contributed by atoms with Gasteiger partial charge in [0.1, 0.15) is 0 Å². The maximum Gasteiger partial charge on any atom is 0.0754 e. The van der Waals surface area contributed by atoms with Crippen molar-refractivity contribution in [2.24, 2.45) is 17.6 Å². The van der Waals surface area contributed by atoms with Crippen molar-refractivity contribution in [3.8, 4) is 0 Å². The highest BCUT2D eigenvalue weighted by Gasteiger charge is 2.24. The van der Waals surface area contributed by atoms with Crippen LogP contribution in [-0.4, -0.2) is 17.8 Å². The number of aliphatic hydroxyl groups is 1. The molecule has 0 aromatic carbocycles. The van der Waals surface area contributed by atoms with Gasteiger partial charge in [-0.05, 0) is 24.7 Å². The predicted molar refractivity (Wildman–Crippen MR) is 50.7 cm³/mol. The second kappa shape index (κ2) is 4.06. The summed E-state index contributed by atoms with van der Waals surface area (Å²) >= 11 is 0. The van der Waals surface area contributed by atoms with Crippen LogP contribution in [0.3, 0.4) is 0 Å². The Morgan fingerprint density at radius 2 is 2.33 bits per heavy atom. The first-order valence-corrected chi connectivity index (χ1v) is 4.73. The van der Waals surface area contributed by atoms with Crippen molar-refractivity contribution in [3.05, 3.63) is 11.6 Å². The van der Waals surface area contributed by atoms with Gasteiger partial charge in [0, 0.05) is 6.54 Å². The van der Waals surface area contributed by atoms with Crippen molar-refractivity contribution < 1.29 is 5.11 Å². The minimum atomic E-state index is -0.266. The lowest BCUT2D eigenvalue weighted by molar-refractivity contribution is 0.108. The quantitative estimate of drug-likeness (QED) is 0.612. The van der Waals surface area contributed by atoms with Crippen LogP contribution in [0.15, 0.2) is 11.6 Å². The maximum absolute atomic E-state index is 9.71. The fourth-order valence-corrected chi connectivity index (χ4v) is 1.87. The Morgan fingerprint density at radius 3 is 2.75 bits per heavy atom. The maximum atomic E-state index is 9.71. The van der Waals surface area contributed by atoms with Gasteiger partial charge in [0.25, 0.3) is 0 Å². The smallest absolute Gasteiger partial charge is 0.0754 e. The summed E-state index contributed by atoms with van der Waals surface area (Å²) in [5, 5.41) is 9.71. The third-order valence-corrected chi connectivity index (χ3v) is 2.76. The Morgan fingerprint density at radius 1 is 1.67 bits per heavy atom. The van der Waals surface area contributed by atoms with Crippen LogP contribution in [0, 0.1) is 11.8 Å². The molecule has 0 radical (unpaired) electrons. The van der Waals surface area contributed by atoms with Crippen LogP contribution in [0.1, 0.15) is 26.7 Å². The molecule has 1 rings (SSSR count). The molecular weight excluding hydrogens is 150 g/mol. The molecule has 1 aliphatic carbocycles. The summed E-state index contributed by atoms with van der Waals surface area (Å²) in [7, 11) is 0. The third kappa shape index (κ3) is 2.08. The molecular formula is C10H19NO. The number of hydrogen-bond acceptors (Lipinski definition) is 2. The van der Waals surface area contributed by atoms with Gasteiger partial charge in [0.2, 0.25) is 0 Å². The van der Waals surface area contributed by atoms with E-state index < -0.39 is 0 Å². The molecule has 2 atom stereocenters. The molecule has 0 bridgehead atoms. The zero-order chi connectivity index (χ0) is 9.14. The van der Waals surface area contributed by atoms with Gasteiger partial charge in [-0.1, -0.05) is 25.5 Å². The lowest BCUT2D eigenvalue weighted by Crippen LogP contribution is -2.28. The SMILES string of the molecule is CC(C)C1CCC(CN)=CC1O. The molecule has 0 amide bonds. The number of rotatable bonds is 2. The highest BCUT2D eigenvalue weighted by atomic mass is 16.3. The second-order valence-corrected chi connectivity index (χ2v) is 3.97. The molecule has 2 nitrogen and oxygen atoms in total. The molecule has 0 aromatic heterocycles. The van der Waals surface area contributed by atoms with E-state index in [0.717, 1.165) is 12.8 Å². The van der Waals surface area contributed by atoms with Gasteiger partial charge in [-0.15, -0.1) is 0 Å². The summed E-state index contributed by atoms with van der Waals surface area (Å²) in [4.78, 5) is 0. The summed E-state index contributed by atoms with van der Waals surface area (Å²) < 4.78 is 0. The van der Waals surface area contributed by atoms with Crippen molar-refractivity contribution in [2.75, 3.05) is 6.54 Å². The minimum Gasteiger partial charge on any atom is -0.389 e. The Bertz CT molecular complexity index is 175. The average Bonchev–Trinajstić information content (AvgIpc) is 2.03. The Labute approximate surface area is 74.5 Å². The molecule has 0 heterocycles. The fourth-order valence-electron chi connectivity index (χ4n) is 1.87. The lowest BCUT2D eigenvalue weighted by Gasteiger charge is -2.29. The van der Waals surface area contributed by atoms with Gasteiger partial charge in [0.05, 0.1) is 6.10 Å². The predicted octanol–water partition coefficient (Wildman–Crippen LogP) is 1.30. The van der Waals surface area contributed by atoms with E-state index >= 15 is 0 Å². The van der Waals surface area contributed by atoms with Crippen LogP contribution in [0.4, 0.5) is 0 Å².